The van der Waals surface area contributed by atoms with Crippen LogP contribution in [0.25, 0.3) is 5.69 Å². The number of nitrogens with zero attached hydrogens (tertiary/aromatic N) is 3. The van der Waals surface area contributed by atoms with Gasteiger partial charge < -0.3 is 4.57 Å². The van der Waals surface area contributed by atoms with Gasteiger partial charge >= 0.3 is 0 Å². The summed E-state index contributed by atoms with van der Waals surface area (Å²) in [7, 11) is 0. The molecule has 0 saturated carbocycles. The Kier molecular flexibility index (Phi) is 5.63. The van der Waals surface area contributed by atoms with E-state index in [2.05, 4.69) is 16.0 Å². The predicted octanol–water partition coefficient (Wildman–Crippen LogP) is 0.303. The Morgan fingerprint density at radius 1 is 1.07 bits per heavy atom. The van der Waals surface area contributed by atoms with Crippen molar-refractivity contribution in [2.45, 2.75) is 13.5 Å². The second kappa shape index (κ2) is 8.30. The zero-order chi connectivity index (χ0) is 21.0. The summed E-state index contributed by atoms with van der Waals surface area (Å²) in [6.45, 7) is 1.21. The smallest absolute Gasteiger partial charge is 0.294 e. The summed E-state index contributed by atoms with van der Waals surface area (Å²) in [5.41, 5.74) is 2.95. The van der Waals surface area contributed by atoms with E-state index in [4.69, 9.17) is 0 Å². The van der Waals surface area contributed by atoms with Crippen LogP contribution >= 0.6 is 0 Å². The summed E-state index contributed by atoms with van der Waals surface area (Å²) in [4.78, 5) is 48.0. The van der Waals surface area contributed by atoms with Crippen molar-refractivity contribution in [3.63, 3.8) is 0 Å². The maximum Gasteiger partial charge on any atom is 0.294 e. The molecule has 0 aliphatic rings. The Bertz CT molecular complexity index is 1200. The Labute approximate surface area is 163 Å². The molecule has 10 heteroatoms. The van der Waals surface area contributed by atoms with Crippen LogP contribution in [0.1, 0.15) is 16.2 Å². The highest BCUT2D eigenvalue weighted by molar-refractivity contribution is 5.93. The van der Waals surface area contributed by atoms with Gasteiger partial charge in [-0.2, -0.15) is 5.10 Å². The fraction of sp³-hybridized carbons (Fsp3) is 0.105. The molecule has 148 valence electrons. The summed E-state index contributed by atoms with van der Waals surface area (Å²) >= 11 is 0. The van der Waals surface area contributed by atoms with Crippen LogP contribution in [-0.2, 0) is 11.3 Å². The lowest BCUT2D eigenvalue weighted by Crippen LogP contribution is -2.46. The van der Waals surface area contributed by atoms with Gasteiger partial charge in [0.1, 0.15) is 18.0 Å². The number of aromatic nitrogens is 3. The van der Waals surface area contributed by atoms with E-state index in [1.165, 1.54) is 36.5 Å². The summed E-state index contributed by atoms with van der Waals surface area (Å²) in [6.07, 6.45) is 1.42. The lowest BCUT2D eigenvalue weighted by Gasteiger charge is -2.12. The van der Waals surface area contributed by atoms with E-state index in [1.807, 2.05) is 0 Å². The van der Waals surface area contributed by atoms with Crippen molar-refractivity contribution in [2.24, 2.45) is 0 Å². The molecule has 1 aromatic carbocycles. The van der Waals surface area contributed by atoms with E-state index in [9.17, 15) is 23.6 Å². The first-order valence-corrected chi connectivity index (χ1v) is 8.47. The van der Waals surface area contributed by atoms with Gasteiger partial charge in [0.2, 0.25) is 5.43 Å². The van der Waals surface area contributed by atoms with Crippen LogP contribution < -0.4 is 21.8 Å². The maximum atomic E-state index is 14.1. The van der Waals surface area contributed by atoms with Gasteiger partial charge in [-0.05, 0) is 25.1 Å². The standard InChI is InChI=1S/C19H16FN5O4/c1-12-10-15(26)18(23-25(12)14-7-3-2-6-13(14)20)19(29)22-21-16(27)11-24-9-5-4-8-17(24)28/h2-10H,11H2,1H3,(H,21,27)(H,22,29). The number of para-hydroxylation sites is 1. The average Bonchev–Trinajstić information content (AvgIpc) is 2.69. The lowest BCUT2D eigenvalue weighted by molar-refractivity contribution is -0.122. The molecular weight excluding hydrogens is 381 g/mol. The molecule has 2 heterocycles. The predicted molar refractivity (Wildman–Crippen MR) is 101 cm³/mol. The number of aryl methyl sites for hydroxylation is 1. The largest absolute Gasteiger partial charge is 0.306 e. The highest BCUT2D eigenvalue weighted by Crippen LogP contribution is 2.12. The highest BCUT2D eigenvalue weighted by Gasteiger charge is 2.17. The van der Waals surface area contributed by atoms with Gasteiger partial charge in [-0.15, -0.1) is 0 Å². The van der Waals surface area contributed by atoms with Crippen LogP contribution in [0.3, 0.4) is 0 Å². The van der Waals surface area contributed by atoms with E-state index >= 15 is 0 Å². The summed E-state index contributed by atoms with van der Waals surface area (Å²) in [5, 5.41) is 3.92. The first kappa shape index (κ1) is 19.7. The fourth-order valence-electron chi connectivity index (χ4n) is 2.54. The number of hydrogen-bond donors (Lipinski definition) is 2. The Morgan fingerprint density at radius 2 is 1.79 bits per heavy atom. The average molecular weight is 397 g/mol. The third-order valence-corrected chi connectivity index (χ3v) is 3.93. The number of amides is 2. The van der Waals surface area contributed by atoms with Gasteiger partial charge in [0.05, 0.1) is 0 Å². The number of rotatable bonds is 4. The molecule has 3 rings (SSSR count). The van der Waals surface area contributed by atoms with Crippen LogP contribution in [0.4, 0.5) is 4.39 Å². The van der Waals surface area contributed by atoms with Crippen molar-refractivity contribution in [1.82, 2.24) is 25.2 Å². The Hall–Kier alpha value is -4.08. The number of carbonyl (C=O) groups is 2. The van der Waals surface area contributed by atoms with Gasteiger partial charge in [0.25, 0.3) is 17.4 Å². The molecule has 0 aliphatic carbocycles. The number of hydrazine groups is 1. The molecule has 2 aromatic heterocycles. The molecule has 0 fully saturated rings. The van der Waals surface area contributed by atoms with Gasteiger partial charge in [-0.3, -0.25) is 30.0 Å². The molecule has 0 spiro atoms. The minimum Gasteiger partial charge on any atom is -0.306 e. The second-order valence-electron chi connectivity index (χ2n) is 6.03. The topological polar surface area (TPSA) is 115 Å². The molecule has 9 nitrogen and oxygen atoms in total. The normalized spacial score (nSPS) is 10.4. The number of carbonyl (C=O) groups excluding carboxylic acids is 2. The minimum absolute atomic E-state index is 0.0616. The van der Waals surface area contributed by atoms with E-state index in [-0.39, 0.29) is 17.8 Å². The van der Waals surface area contributed by atoms with Crippen LogP contribution in [0.5, 0.6) is 0 Å². The molecule has 29 heavy (non-hydrogen) atoms. The van der Waals surface area contributed by atoms with E-state index in [0.717, 1.165) is 15.3 Å². The van der Waals surface area contributed by atoms with Crippen molar-refractivity contribution in [1.29, 1.82) is 0 Å². The van der Waals surface area contributed by atoms with E-state index < -0.39 is 28.8 Å². The second-order valence-corrected chi connectivity index (χ2v) is 6.03. The highest BCUT2D eigenvalue weighted by atomic mass is 19.1. The van der Waals surface area contributed by atoms with Gasteiger partial charge in [-0.25, -0.2) is 9.07 Å². The maximum absolute atomic E-state index is 14.1. The molecule has 0 bridgehead atoms. The van der Waals surface area contributed by atoms with Crippen molar-refractivity contribution in [3.8, 4) is 5.69 Å². The third kappa shape index (κ3) is 4.43. The third-order valence-electron chi connectivity index (χ3n) is 3.93. The number of nitrogens with one attached hydrogen (secondary N) is 2. The summed E-state index contributed by atoms with van der Waals surface area (Å²) in [5.74, 6) is -2.25. The van der Waals surface area contributed by atoms with Crippen LogP contribution in [0.2, 0.25) is 0 Å². The lowest BCUT2D eigenvalue weighted by atomic mass is 10.2. The molecule has 0 radical (unpaired) electrons. The van der Waals surface area contributed by atoms with Crippen LogP contribution in [0.15, 0.2) is 64.3 Å². The molecular formula is C19H16FN5O4. The molecule has 0 atom stereocenters. The zero-order valence-corrected chi connectivity index (χ0v) is 15.3. The zero-order valence-electron chi connectivity index (χ0n) is 15.3. The quantitative estimate of drug-likeness (QED) is 0.615. The van der Waals surface area contributed by atoms with Crippen molar-refractivity contribution < 1.29 is 14.0 Å². The molecule has 0 aliphatic heterocycles. The van der Waals surface area contributed by atoms with Crippen molar-refractivity contribution in [2.75, 3.05) is 0 Å². The van der Waals surface area contributed by atoms with E-state index in [1.54, 1.807) is 19.1 Å². The first-order chi connectivity index (χ1) is 13.9. The summed E-state index contributed by atoms with van der Waals surface area (Å²) < 4.78 is 16.3. The Balaban J connectivity index is 1.77. The molecule has 3 aromatic rings. The molecule has 2 N–H and O–H groups in total. The number of halogens is 1. The minimum atomic E-state index is -0.978. The van der Waals surface area contributed by atoms with Crippen molar-refractivity contribution >= 4 is 11.8 Å². The first-order valence-electron chi connectivity index (χ1n) is 8.47. The van der Waals surface area contributed by atoms with Gasteiger partial charge in [-0.1, -0.05) is 18.2 Å². The monoisotopic (exact) mass is 397 g/mol. The van der Waals surface area contributed by atoms with Gasteiger partial charge in [0.15, 0.2) is 5.69 Å². The Morgan fingerprint density at radius 3 is 2.52 bits per heavy atom. The number of benzene rings is 1. The number of pyridine rings is 1. The molecule has 2 amide bonds. The van der Waals surface area contributed by atoms with Gasteiger partial charge in [0, 0.05) is 24.0 Å². The van der Waals surface area contributed by atoms with Crippen LogP contribution in [0, 0.1) is 12.7 Å². The fourth-order valence-corrected chi connectivity index (χ4v) is 2.54. The summed E-state index contributed by atoms with van der Waals surface area (Å²) in [6, 6.07) is 11.3. The molecule has 0 saturated heterocycles. The SMILES string of the molecule is Cc1cc(=O)c(C(=O)NNC(=O)Cn2ccccc2=O)nn1-c1ccccc1F. The van der Waals surface area contributed by atoms with Crippen LogP contribution in [-0.4, -0.2) is 26.2 Å². The number of hydrogen-bond acceptors (Lipinski definition) is 5. The molecule has 0 unspecified atom stereocenters. The van der Waals surface area contributed by atoms with E-state index in [0.29, 0.717) is 5.69 Å². The van der Waals surface area contributed by atoms with Crippen molar-refractivity contribution in [3.05, 3.63) is 92.5 Å².